The molecule has 3 aromatic rings. The number of anilines is 1. The highest BCUT2D eigenvalue weighted by molar-refractivity contribution is 5.90. The number of β-amino-alcohol motifs (C(OH)–C–C–N with tert-alkyl or cyclic N) is 1. The van der Waals surface area contributed by atoms with Crippen molar-refractivity contribution < 1.29 is 50.1 Å². The van der Waals surface area contributed by atoms with Crippen LogP contribution in [0.5, 0.6) is 5.75 Å². The molecule has 0 spiro atoms. The van der Waals surface area contributed by atoms with E-state index >= 15 is 0 Å². The Bertz CT molecular complexity index is 1350. The SMILES string of the molecule is CN(C(=O)Oc1c(-c2cnn(CC(O)CN3CCOCC3)c2)cc(C(F)(F)F)cc1C(F)(F)F)c1ccc(F)cc1. The summed E-state index contributed by atoms with van der Waals surface area (Å²) in [6.45, 7) is 2.31. The van der Waals surface area contributed by atoms with Crippen LogP contribution in [0.15, 0.2) is 48.8 Å². The number of hydrogen-bond acceptors (Lipinski definition) is 6. The standard InChI is InChI=1S/C26H25F7N4O4/c1-35(19-4-2-18(27)3-5-19)24(39)41-23-21(10-17(25(28,29)30)11-22(23)26(31,32)33)16-12-34-37(13-16)15-20(38)14-36-6-8-40-9-7-36/h2-5,10-13,20,38H,6-9,14-15H2,1H3. The highest BCUT2D eigenvalue weighted by Gasteiger charge is 2.41. The number of carbonyl (C=O) groups is 1. The molecule has 0 aliphatic carbocycles. The molecule has 0 saturated carbocycles. The number of aliphatic hydroxyl groups excluding tert-OH is 1. The predicted molar refractivity (Wildman–Crippen MR) is 132 cm³/mol. The summed E-state index contributed by atoms with van der Waals surface area (Å²) in [5.41, 5.74) is -4.30. The van der Waals surface area contributed by atoms with Crippen LogP contribution in [-0.4, -0.2) is 71.9 Å². The molecule has 1 fully saturated rings. The topological polar surface area (TPSA) is 80.1 Å². The maximum absolute atomic E-state index is 14.0. The molecule has 1 amide bonds. The summed E-state index contributed by atoms with van der Waals surface area (Å²) < 4.78 is 108. The van der Waals surface area contributed by atoms with E-state index in [1.165, 1.54) is 16.8 Å². The molecule has 41 heavy (non-hydrogen) atoms. The van der Waals surface area contributed by atoms with Gasteiger partial charge in [-0.1, -0.05) is 0 Å². The number of rotatable bonds is 7. The number of halogens is 7. The molecule has 1 aliphatic heterocycles. The van der Waals surface area contributed by atoms with Crippen molar-refractivity contribution in [2.75, 3.05) is 44.8 Å². The van der Waals surface area contributed by atoms with Crippen LogP contribution < -0.4 is 9.64 Å². The maximum atomic E-state index is 14.0. The first kappa shape index (κ1) is 30.3. The third-order valence-electron chi connectivity index (χ3n) is 6.31. The highest BCUT2D eigenvalue weighted by atomic mass is 19.4. The fraction of sp³-hybridized carbons (Fsp3) is 0.385. The number of amides is 1. The van der Waals surface area contributed by atoms with Gasteiger partial charge in [-0.2, -0.15) is 31.4 Å². The number of carbonyl (C=O) groups excluding carboxylic acids is 1. The van der Waals surface area contributed by atoms with E-state index < -0.39 is 52.8 Å². The molecule has 1 N–H and O–H groups in total. The Labute approximate surface area is 229 Å². The zero-order chi connectivity index (χ0) is 29.9. The molecular weight excluding hydrogens is 565 g/mol. The predicted octanol–water partition coefficient (Wildman–Crippen LogP) is 5.06. The lowest BCUT2D eigenvalue weighted by molar-refractivity contribution is -0.143. The Morgan fingerprint density at radius 2 is 1.73 bits per heavy atom. The van der Waals surface area contributed by atoms with Crippen LogP contribution in [0.25, 0.3) is 11.1 Å². The van der Waals surface area contributed by atoms with E-state index in [2.05, 4.69) is 5.10 Å². The summed E-state index contributed by atoms with van der Waals surface area (Å²) in [5, 5.41) is 14.4. The molecule has 1 atom stereocenters. The van der Waals surface area contributed by atoms with Gasteiger partial charge in [0, 0.05) is 49.7 Å². The van der Waals surface area contributed by atoms with Crippen LogP contribution in [0, 0.1) is 5.82 Å². The average molecular weight is 590 g/mol. The maximum Gasteiger partial charge on any atom is 0.420 e. The van der Waals surface area contributed by atoms with Gasteiger partial charge in [0.1, 0.15) is 5.82 Å². The highest BCUT2D eigenvalue weighted by Crippen LogP contribution is 2.46. The minimum atomic E-state index is -5.34. The summed E-state index contributed by atoms with van der Waals surface area (Å²) in [5.74, 6) is -1.80. The number of aromatic nitrogens is 2. The lowest BCUT2D eigenvalue weighted by Crippen LogP contribution is -2.42. The van der Waals surface area contributed by atoms with Crippen molar-refractivity contribution in [3.63, 3.8) is 0 Å². The van der Waals surface area contributed by atoms with Gasteiger partial charge in [-0.25, -0.2) is 9.18 Å². The van der Waals surface area contributed by atoms with Gasteiger partial charge < -0.3 is 14.6 Å². The number of alkyl halides is 6. The van der Waals surface area contributed by atoms with E-state index in [4.69, 9.17) is 9.47 Å². The average Bonchev–Trinajstić information content (AvgIpc) is 3.36. The number of aliphatic hydroxyl groups is 1. The molecule has 0 bridgehead atoms. The van der Waals surface area contributed by atoms with Gasteiger partial charge in [0.15, 0.2) is 5.75 Å². The van der Waals surface area contributed by atoms with Crippen LogP contribution in [0.3, 0.4) is 0 Å². The number of hydrogen-bond donors (Lipinski definition) is 1. The zero-order valence-electron chi connectivity index (χ0n) is 21.5. The molecule has 2 heterocycles. The van der Waals surface area contributed by atoms with Gasteiger partial charge in [0.05, 0.1) is 43.2 Å². The number of benzene rings is 2. The molecule has 1 aliphatic rings. The van der Waals surface area contributed by atoms with Crippen molar-refractivity contribution in [3.8, 4) is 16.9 Å². The van der Waals surface area contributed by atoms with Crippen LogP contribution in [-0.2, 0) is 23.6 Å². The Balaban J connectivity index is 1.70. The first-order valence-electron chi connectivity index (χ1n) is 12.3. The Morgan fingerprint density at radius 3 is 2.34 bits per heavy atom. The van der Waals surface area contributed by atoms with Gasteiger partial charge in [-0.3, -0.25) is 14.5 Å². The van der Waals surface area contributed by atoms with Crippen molar-refractivity contribution in [2.24, 2.45) is 0 Å². The summed E-state index contributed by atoms with van der Waals surface area (Å²) in [6, 6.07) is 4.64. The van der Waals surface area contributed by atoms with Crippen molar-refractivity contribution in [2.45, 2.75) is 25.0 Å². The molecular formula is C26H25F7N4O4. The monoisotopic (exact) mass is 590 g/mol. The molecule has 15 heteroatoms. The van der Waals surface area contributed by atoms with Crippen LogP contribution in [0.2, 0.25) is 0 Å². The van der Waals surface area contributed by atoms with Gasteiger partial charge in [-0.15, -0.1) is 0 Å². The lowest BCUT2D eigenvalue weighted by atomic mass is 9.99. The second kappa shape index (κ2) is 12.0. The van der Waals surface area contributed by atoms with Crippen molar-refractivity contribution in [1.82, 2.24) is 14.7 Å². The smallest absolute Gasteiger partial charge is 0.409 e. The van der Waals surface area contributed by atoms with Gasteiger partial charge in [0.2, 0.25) is 0 Å². The minimum absolute atomic E-state index is 0.0560. The first-order chi connectivity index (χ1) is 19.2. The largest absolute Gasteiger partial charge is 0.420 e. The normalized spacial score (nSPS) is 15.5. The quantitative estimate of drug-likeness (QED) is 0.388. The second-order valence-electron chi connectivity index (χ2n) is 9.32. The third-order valence-corrected chi connectivity index (χ3v) is 6.31. The number of nitrogens with zero attached hydrogens (tertiary/aromatic N) is 4. The summed E-state index contributed by atoms with van der Waals surface area (Å²) in [4.78, 5) is 15.5. The van der Waals surface area contributed by atoms with E-state index in [1.54, 1.807) is 0 Å². The number of morpholine rings is 1. The molecule has 8 nitrogen and oxygen atoms in total. The summed E-state index contributed by atoms with van der Waals surface area (Å²) in [6.07, 6.45) is -10.7. The minimum Gasteiger partial charge on any atom is -0.409 e. The molecule has 2 aromatic carbocycles. The first-order valence-corrected chi connectivity index (χ1v) is 12.3. The Hall–Kier alpha value is -3.69. The van der Waals surface area contributed by atoms with Crippen molar-refractivity contribution >= 4 is 11.8 Å². The zero-order valence-corrected chi connectivity index (χ0v) is 21.5. The van der Waals surface area contributed by atoms with Gasteiger partial charge >= 0.3 is 18.4 Å². The van der Waals surface area contributed by atoms with Gasteiger partial charge in [-0.05, 0) is 36.4 Å². The fourth-order valence-electron chi connectivity index (χ4n) is 4.21. The number of ether oxygens (including phenoxy) is 2. The molecule has 1 aromatic heterocycles. The van der Waals surface area contributed by atoms with E-state index in [9.17, 15) is 40.6 Å². The van der Waals surface area contributed by atoms with E-state index in [0.717, 1.165) is 36.5 Å². The van der Waals surface area contributed by atoms with Crippen LogP contribution in [0.1, 0.15) is 11.1 Å². The Morgan fingerprint density at radius 1 is 1.07 bits per heavy atom. The van der Waals surface area contributed by atoms with E-state index in [-0.39, 0.29) is 30.4 Å². The second-order valence-corrected chi connectivity index (χ2v) is 9.32. The summed E-state index contributed by atoms with van der Waals surface area (Å²) in [7, 11) is 1.14. The molecule has 4 rings (SSSR count). The molecule has 0 radical (unpaired) electrons. The van der Waals surface area contributed by atoms with E-state index in [1.807, 2.05) is 4.90 Å². The van der Waals surface area contributed by atoms with Crippen molar-refractivity contribution in [3.05, 3.63) is 65.7 Å². The van der Waals surface area contributed by atoms with Crippen molar-refractivity contribution in [1.29, 1.82) is 0 Å². The molecule has 1 saturated heterocycles. The molecule has 1 unspecified atom stereocenters. The van der Waals surface area contributed by atoms with E-state index in [0.29, 0.717) is 32.4 Å². The van der Waals surface area contributed by atoms with Gasteiger partial charge in [0.25, 0.3) is 0 Å². The Kier molecular flexibility index (Phi) is 8.89. The third kappa shape index (κ3) is 7.54. The summed E-state index contributed by atoms with van der Waals surface area (Å²) >= 11 is 0. The fourth-order valence-corrected chi connectivity index (χ4v) is 4.21. The van der Waals surface area contributed by atoms with Crippen LogP contribution >= 0.6 is 0 Å². The molecule has 222 valence electrons. The lowest BCUT2D eigenvalue weighted by Gasteiger charge is -2.28. The van der Waals surface area contributed by atoms with Crippen LogP contribution in [0.4, 0.5) is 41.2 Å².